The Morgan fingerprint density at radius 3 is 2.70 bits per heavy atom. The van der Waals surface area contributed by atoms with Crippen molar-refractivity contribution in [3.63, 3.8) is 0 Å². The number of rotatable bonds is 4. The second-order valence-corrected chi connectivity index (χ2v) is 5.31. The molecule has 0 radical (unpaired) electrons. The summed E-state index contributed by atoms with van der Waals surface area (Å²) in [6.07, 6.45) is 4.15. The summed E-state index contributed by atoms with van der Waals surface area (Å²) >= 11 is 0. The van der Waals surface area contributed by atoms with Gasteiger partial charge in [-0.2, -0.15) is 0 Å². The highest BCUT2D eigenvalue weighted by Gasteiger charge is 2.20. The third-order valence-electron chi connectivity index (χ3n) is 3.07. The number of aromatic nitrogens is 1. The lowest BCUT2D eigenvalue weighted by molar-refractivity contribution is 0.294. The molecule has 1 aromatic rings. The molecule has 0 bridgehead atoms. The van der Waals surface area contributed by atoms with Crippen molar-refractivity contribution in [1.82, 2.24) is 9.88 Å². The summed E-state index contributed by atoms with van der Waals surface area (Å²) < 4.78 is 11.0. The molecule has 1 aromatic heterocycles. The van der Waals surface area contributed by atoms with Crippen molar-refractivity contribution in [2.24, 2.45) is 5.92 Å². The predicted octanol–water partition coefficient (Wildman–Crippen LogP) is 3.40. The van der Waals surface area contributed by atoms with Gasteiger partial charge in [0.2, 0.25) is 5.89 Å². The van der Waals surface area contributed by atoms with Crippen molar-refractivity contribution in [3.8, 4) is 5.95 Å². The van der Waals surface area contributed by atoms with E-state index < -0.39 is 0 Å². The van der Waals surface area contributed by atoms with Crippen LogP contribution in [-0.2, 0) is 6.42 Å². The molecule has 2 rings (SSSR count). The van der Waals surface area contributed by atoms with Gasteiger partial charge in [0.25, 0.3) is 0 Å². The molecule has 0 aromatic carbocycles. The first kappa shape index (κ1) is 16.5. The highest BCUT2D eigenvalue weighted by Crippen LogP contribution is 2.28. The number of methoxy groups -OCH3 is 1. The van der Waals surface area contributed by atoms with Crippen LogP contribution in [0, 0.1) is 5.92 Å². The molecule has 20 heavy (non-hydrogen) atoms. The molecule has 4 heteroatoms. The van der Waals surface area contributed by atoms with Crippen molar-refractivity contribution >= 4 is 5.57 Å². The van der Waals surface area contributed by atoms with Crippen LogP contribution in [0.3, 0.4) is 0 Å². The molecule has 112 valence electrons. The van der Waals surface area contributed by atoms with E-state index in [-0.39, 0.29) is 0 Å². The Balaban J connectivity index is 0.000000956. The first-order chi connectivity index (χ1) is 9.60. The first-order valence-electron chi connectivity index (χ1n) is 7.01. The molecular weight excluding hydrogens is 252 g/mol. The van der Waals surface area contributed by atoms with Gasteiger partial charge in [-0.25, -0.2) is 4.98 Å². The molecule has 2 heterocycles. The van der Waals surface area contributed by atoms with Gasteiger partial charge in [0.1, 0.15) is 5.69 Å². The minimum absolute atomic E-state index is 0.542. The molecule has 0 saturated carbocycles. The lowest BCUT2D eigenvalue weighted by Crippen LogP contribution is -2.25. The number of nitrogens with zero attached hydrogens (tertiary/aromatic N) is 2. The highest BCUT2D eigenvalue weighted by atomic mass is 16.6. The molecule has 1 aliphatic rings. The van der Waals surface area contributed by atoms with E-state index >= 15 is 0 Å². The second-order valence-electron chi connectivity index (χ2n) is 5.31. The normalized spacial score (nSPS) is 15.6. The molecule has 0 saturated heterocycles. The van der Waals surface area contributed by atoms with E-state index in [2.05, 4.69) is 50.0 Å². The van der Waals surface area contributed by atoms with Crippen molar-refractivity contribution in [1.29, 1.82) is 0 Å². The number of hydrogen-bond donors (Lipinski definition) is 0. The third-order valence-corrected chi connectivity index (χ3v) is 3.07. The Labute approximate surface area is 122 Å². The van der Waals surface area contributed by atoms with Crippen LogP contribution in [0.4, 0.5) is 0 Å². The average Bonchev–Trinajstić information content (AvgIpc) is 2.83. The summed E-state index contributed by atoms with van der Waals surface area (Å²) in [6.45, 7) is 12.3. The largest absolute Gasteiger partial charge is 0.467 e. The van der Waals surface area contributed by atoms with E-state index in [1.165, 1.54) is 0 Å². The molecule has 0 spiro atoms. The molecule has 4 nitrogen and oxygen atoms in total. The van der Waals surface area contributed by atoms with Gasteiger partial charge in [-0.05, 0) is 25.8 Å². The zero-order valence-electron chi connectivity index (χ0n) is 13.1. The van der Waals surface area contributed by atoms with Crippen molar-refractivity contribution < 1.29 is 9.15 Å². The zero-order valence-corrected chi connectivity index (χ0v) is 13.1. The van der Waals surface area contributed by atoms with Crippen molar-refractivity contribution in [2.45, 2.75) is 26.7 Å². The topological polar surface area (TPSA) is 38.5 Å². The summed E-state index contributed by atoms with van der Waals surface area (Å²) in [7, 11) is 3.75. The van der Waals surface area contributed by atoms with Crippen LogP contribution in [0.5, 0.6) is 5.95 Å². The van der Waals surface area contributed by atoms with Gasteiger partial charge in [-0.15, -0.1) is 13.2 Å². The fourth-order valence-corrected chi connectivity index (χ4v) is 2.20. The maximum atomic E-state index is 5.72. The second kappa shape index (κ2) is 7.90. The number of ether oxygens (including phenoxy) is 1. The summed E-state index contributed by atoms with van der Waals surface area (Å²) in [4.78, 5) is 6.86. The van der Waals surface area contributed by atoms with Crippen LogP contribution >= 0.6 is 0 Å². The van der Waals surface area contributed by atoms with E-state index in [4.69, 9.17) is 9.15 Å². The number of oxazole rings is 1. The van der Waals surface area contributed by atoms with Crippen LogP contribution < -0.4 is 4.74 Å². The standard InChI is InChI=1S/C14H22N2O2.C2H4/c1-10(2)8-12-14(17-4)18-13(15-12)11-6-5-7-16(3)9-11;1-2/h6,10H,5,7-9H2,1-4H3;1-2H2. The van der Waals surface area contributed by atoms with E-state index in [0.29, 0.717) is 17.8 Å². The Bertz CT molecular complexity index is 449. The smallest absolute Gasteiger partial charge is 0.308 e. The Morgan fingerprint density at radius 2 is 2.15 bits per heavy atom. The Kier molecular flexibility index (Phi) is 6.52. The van der Waals surface area contributed by atoms with Gasteiger partial charge in [-0.1, -0.05) is 19.9 Å². The van der Waals surface area contributed by atoms with Crippen LogP contribution in [0.1, 0.15) is 31.9 Å². The molecule has 0 atom stereocenters. The average molecular weight is 278 g/mol. The Morgan fingerprint density at radius 1 is 1.45 bits per heavy atom. The van der Waals surface area contributed by atoms with E-state index in [0.717, 1.165) is 37.2 Å². The number of likely N-dealkylation sites (N-methyl/N-ethyl adjacent to an activating group) is 1. The van der Waals surface area contributed by atoms with Crippen LogP contribution in [0.2, 0.25) is 0 Å². The first-order valence-corrected chi connectivity index (χ1v) is 7.01. The molecule has 0 fully saturated rings. The van der Waals surface area contributed by atoms with Gasteiger partial charge in [0.05, 0.1) is 7.11 Å². The minimum Gasteiger partial charge on any atom is -0.467 e. The monoisotopic (exact) mass is 278 g/mol. The van der Waals surface area contributed by atoms with Gasteiger partial charge < -0.3 is 14.1 Å². The number of hydrogen-bond acceptors (Lipinski definition) is 4. The van der Waals surface area contributed by atoms with Gasteiger partial charge >= 0.3 is 5.95 Å². The van der Waals surface area contributed by atoms with E-state index in [1.54, 1.807) is 7.11 Å². The molecule has 1 aliphatic heterocycles. The highest BCUT2D eigenvalue weighted by molar-refractivity contribution is 5.61. The molecule has 0 N–H and O–H groups in total. The van der Waals surface area contributed by atoms with Crippen LogP contribution in [0.25, 0.3) is 5.57 Å². The SMILES string of the molecule is C=C.COc1oc(C2=CCCN(C)C2)nc1CC(C)C. The Hall–Kier alpha value is -1.55. The fourth-order valence-electron chi connectivity index (χ4n) is 2.20. The van der Waals surface area contributed by atoms with Gasteiger partial charge in [0.15, 0.2) is 0 Å². The third kappa shape index (κ3) is 4.23. The van der Waals surface area contributed by atoms with Crippen LogP contribution in [-0.4, -0.2) is 37.1 Å². The molecular formula is C16H26N2O2. The minimum atomic E-state index is 0.542. The fraction of sp³-hybridized carbons (Fsp3) is 0.562. The summed E-state index contributed by atoms with van der Waals surface area (Å²) in [5, 5.41) is 0. The maximum absolute atomic E-state index is 5.72. The van der Waals surface area contributed by atoms with Crippen molar-refractivity contribution in [3.05, 3.63) is 30.8 Å². The van der Waals surface area contributed by atoms with Crippen molar-refractivity contribution in [2.75, 3.05) is 27.2 Å². The van der Waals surface area contributed by atoms with E-state index in [1.807, 2.05) is 0 Å². The predicted molar refractivity (Wildman–Crippen MR) is 82.9 cm³/mol. The lowest BCUT2D eigenvalue weighted by atomic mass is 10.1. The van der Waals surface area contributed by atoms with Gasteiger partial charge in [-0.3, -0.25) is 0 Å². The summed E-state index contributed by atoms with van der Waals surface area (Å²) in [5.74, 6) is 1.82. The molecule has 0 unspecified atom stereocenters. The summed E-state index contributed by atoms with van der Waals surface area (Å²) in [5.41, 5.74) is 2.09. The van der Waals surface area contributed by atoms with Gasteiger partial charge in [0, 0.05) is 18.7 Å². The summed E-state index contributed by atoms with van der Waals surface area (Å²) in [6, 6.07) is 0. The molecule has 0 aliphatic carbocycles. The maximum Gasteiger partial charge on any atom is 0.308 e. The van der Waals surface area contributed by atoms with E-state index in [9.17, 15) is 0 Å². The lowest BCUT2D eigenvalue weighted by Gasteiger charge is -2.20. The van der Waals surface area contributed by atoms with Crippen LogP contribution in [0.15, 0.2) is 23.7 Å². The quantitative estimate of drug-likeness (QED) is 0.791. The zero-order chi connectivity index (χ0) is 15.1. The molecule has 0 amide bonds.